The summed E-state index contributed by atoms with van der Waals surface area (Å²) in [6.07, 6.45) is 8.79. The van der Waals surface area contributed by atoms with Gasteiger partial charge in [0.15, 0.2) is 11.5 Å². The normalized spacial score (nSPS) is 24.9. The number of methoxy groups -OCH3 is 1. The number of fused-ring (bicyclic) bond motifs is 3. The first-order chi connectivity index (χ1) is 15.2. The number of piperidine rings is 1. The van der Waals surface area contributed by atoms with Crippen LogP contribution in [0.1, 0.15) is 68.9 Å². The molecule has 31 heavy (non-hydrogen) atoms. The molecule has 5 nitrogen and oxygen atoms in total. The van der Waals surface area contributed by atoms with Gasteiger partial charge in [-0.05, 0) is 63.4 Å². The highest BCUT2D eigenvalue weighted by molar-refractivity contribution is 8.03. The SMILES string of the molecule is CCOc1cc2c(cc1OC)C(=C(C#N)SCCN1CCCCC1)N[C@@H]1CCCC[C@H]21. The zero-order valence-corrected chi connectivity index (χ0v) is 19.7. The van der Waals surface area contributed by atoms with Crippen LogP contribution in [0, 0.1) is 11.3 Å². The van der Waals surface area contributed by atoms with Crippen LogP contribution in [-0.2, 0) is 0 Å². The van der Waals surface area contributed by atoms with Gasteiger partial charge in [0, 0.05) is 29.8 Å². The fourth-order valence-corrected chi connectivity index (χ4v) is 6.21. The highest BCUT2D eigenvalue weighted by Crippen LogP contribution is 2.46. The first-order valence-electron chi connectivity index (χ1n) is 11.9. The predicted octanol–water partition coefficient (Wildman–Crippen LogP) is 5.13. The van der Waals surface area contributed by atoms with Crippen molar-refractivity contribution in [3.05, 3.63) is 28.2 Å². The van der Waals surface area contributed by atoms with Crippen LogP contribution in [0.25, 0.3) is 5.70 Å². The molecule has 3 aliphatic rings. The Morgan fingerprint density at radius 2 is 1.97 bits per heavy atom. The summed E-state index contributed by atoms with van der Waals surface area (Å²) in [4.78, 5) is 3.33. The molecule has 2 aliphatic heterocycles. The standard InChI is InChI=1S/C25H35N3O2S/c1-3-30-23-15-19-18-9-5-6-10-21(18)27-25(20(19)16-22(23)29-2)24(17-26)31-14-13-28-11-7-4-8-12-28/h15-16,18,21,27H,3-14H2,1-2H3/t18-,21-/m1/s1. The van der Waals surface area contributed by atoms with Crippen LogP contribution in [0.5, 0.6) is 11.5 Å². The van der Waals surface area contributed by atoms with E-state index in [1.54, 1.807) is 18.9 Å². The molecular weight excluding hydrogens is 406 g/mol. The summed E-state index contributed by atoms with van der Waals surface area (Å²) < 4.78 is 11.5. The lowest BCUT2D eigenvalue weighted by molar-refractivity contribution is 0.242. The van der Waals surface area contributed by atoms with E-state index in [0.29, 0.717) is 18.6 Å². The van der Waals surface area contributed by atoms with Gasteiger partial charge in [-0.1, -0.05) is 19.3 Å². The second-order valence-corrected chi connectivity index (χ2v) is 9.84. The zero-order chi connectivity index (χ0) is 21.6. The van der Waals surface area contributed by atoms with E-state index in [-0.39, 0.29) is 0 Å². The third kappa shape index (κ3) is 4.99. The smallest absolute Gasteiger partial charge is 0.161 e. The summed E-state index contributed by atoms with van der Waals surface area (Å²) in [5, 5.41) is 13.8. The number of nitrogens with zero attached hydrogens (tertiary/aromatic N) is 2. The minimum Gasteiger partial charge on any atom is -0.493 e. The van der Waals surface area contributed by atoms with Gasteiger partial charge in [-0.25, -0.2) is 0 Å². The Hall–Kier alpha value is -1.84. The Bertz CT molecular complexity index is 842. The maximum atomic E-state index is 10.1. The largest absolute Gasteiger partial charge is 0.493 e. The number of allylic oxidation sites excluding steroid dienone is 1. The van der Waals surface area contributed by atoms with E-state index >= 15 is 0 Å². The van der Waals surface area contributed by atoms with Crippen molar-refractivity contribution in [2.45, 2.75) is 63.8 Å². The lowest BCUT2D eigenvalue weighted by Gasteiger charge is -2.40. The first kappa shape index (κ1) is 22.4. The molecule has 1 aliphatic carbocycles. The Morgan fingerprint density at radius 3 is 2.71 bits per heavy atom. The highest BCUT2D eigenvalue weighted by Gasteiger charge is 2.36. The van der Waals surface area contributed by atoms with Crippen molar-refractivity contribution >= 4 is 17.5 Å². The molecular formula is C25H35N3O2S. The number of likely N-dealkylation sites (tertiary alicyclic amines) is 1. The molecule has 2 heterocycles. The molecule has 1 aromatic carbocycles. The second-order valence-electron chi connectivity index (χ2n) is 8.73. The highest BCUT2D eigenvalue weighted by atomic mass is 32.2. The lowest BCUT2D eigenvalue weighted by Crippen LogP contribution is -2.41. The summed E-state index contributed by atoms with van der Waals surface area (Å²) in [6, 6.07) is 7.16. The van der Waals surface area contributed by atoms with Gasteiger partial charge in [0.25, 0.3) is 0 Å². The van der Waals surface area contributed by atoms with E-state index in [1.807, 2.05) is 6.92 Å². The van der Waals surface area contributed by atoms with Crippen molar-refractivity contribution in [1.29, 1.82) is 5.26 Å². The van der Waals surface area contributed by atoms with Crippen molar-refractivity contribution in [2.75, 3.05) is 39.1 Å². The summed E-state index contributed by atoms with van der Waals surface area (Å²) in [7, 11) is 1.69. The molecule has 2 atom stereocenters. The topological polar surface area (TPSA) is 57.5 Å². The number of nitrogens with one attached hydrogen (secondary N) is 1. The van der Waals surface area contributed by atoms with Crippen LogP contribution in [-0.4, -0.2) is 50.0 Å². The van der Waals surface area contributed by atoms with E-state index in [4.69, 9.17) is 9.47 Å². The molecule has 0 aromatic heterocycles. The number of nitriles is 1. The van der Waals surface area contributed by atoms with Crippen LogP contribution >= 0.6 is 11.8 Å². The lowest BCUT2D eigenvalue weighted by atomic mass is 9.75. The predicted molar refractivity (Wildman–Crippen MR) is 128 cm³/mol. The van der Waals surface area contributed by atoms with Crippen LogP contribution in [0.2, 0.25) is 0 Å². The molecule has 0 spiro atoms. The fraction of sp³-hybridized carbons (Fsp3) is 0.640. The summed E-state index contributed by atoms with van der Waals surface area (Å²) in [6.45, 7) is 6.05. The minimum absolute atomic E-state index is 0.394. The summed E-state index contributed by atoms with van der Waals surface area (Å²) in [5.74, 6) is 2.97. The van der Waals surface area contributed by atoms with Crippen molar-refractivity contribution in [1.82, 2.24) is 10.2 Å². The quantitative estimate of drug-likeness (QED) is 0.592. The third-order valence-corrected chi connectivity index (χ3v) is 7.80. The van der Waals surface area contributed by atoms with Crippen LogP contribution in [0.3, 0.4) is 0 Å². The first-order valence-corrected chi connectivity index (χ1v) is 12.8. The number of benzene rings is 1. The number of rotatable bonds is 7. The molecule has 0 amide bonds. The molecule has 0 bridgehead atoms. The molecule has 1 N–H and O–H groups in total. The van der Waals surface area contributed by atoms with Gasteiger partial charge in [-0.15, -0.1) is 11.8 Å². The molecule has 0 unspecified atom stereocenters. The Balaban J connectivity index is 1.65. The average Bonchev–Trinajstić information content (AvgIpc) is 2.82. The summed E-state index contributed by atoms with van der Waals surface area (Å²) in [5.41, 5.74) is 3.42. The van der Waals surface area contributed by atoms with Gasteiger partial charge in [-0.3, -0.25) is 0 Å². The molecule has 0 radical (unpaired) electrons. The minimum atomic E-state index is 0.394. The van der Waals surface area contributed by atoms with Crippen LogP contribution in [0.15, 0.2) is 17.0 Å². The van der Waals surface area contributed by atoms with E-state index in [9.17, 15) is 5.26 Å². The van der Waals surface area contributed by atoms with E-state index in [1.165, 1.54) is 57.2 Å². The maximum absolute atomic E-state index is 10.1. The van der Waals surface area contributed by atoms with Gasteiger partial charge in [0.1, 0.15) is 11.0 Å². The average molecular weight is 442 g/mol. The molecule has 4 rings (SSSR count). The van der Waals surface area contributed by atoms with Crippen molar-refractivity contribution in [3.8, 4) is 17.6 Å². The van der Waals surface area contributed by atoms with Crippen LogP contribution in [0.4, 0.5) is 0 Å². The van der Waals surface area contributed by atoms with Gasteiger partial charge in [-0.2, -0.15) is 5.26 Å². The van der Waals surface area contributed by atoms with E-state index in [2.05, 4.69) is 28.4 Å². The van der Waals surface area contributed by atoms with Crippen molar-refractivity contribution < 1.29 is 9.47 Å². The number of thioether (sulfide) groups is 1. The molecule has 1 saturated heterocycles. The number of hydrogen-bond acceptors (Lipinski definition) is 6. The van der Waals surface area contributed by atoms with Crippen molar-refractivity contribution in [3.63, 3.8) is 0 Å². The van der Waals surface area contributed by atoms with Crippen LogP contribution < -0.4 is 14.8 Å². The molecule has 168 valence electrons. The Labute approximate surface area is 191 Å². The number of ether oxygens (including phenoxy) is 2. The monoisotopic (exact) mass is 441 g/mol. The molecule has 1 saturated carbocycles. The fourth-order valence-electron chi connectivity index (χ4n) is 5.27. The molecule has 6 heteroatoms. The van der Waals surface area contributed by atoms with Gasteiger partial charge < -0.3 is 19.7 Å². The Morgan fingerprint density at radius 1 is 1.16 bits per heavy atom. The summed E-state index contributed by atoms with van der Waals surface area (Å²) >= 11 is 1.69. The Kier molecular flexibility index (Phi) is 7.68. The van der Waals surface area contributed by atoms with Gasteiger partial charge >= 0.3 is 0 Å². The van der Waals surface area contributed by atoms with Crippen molar-refractivity contribution in [2.24, 2.45) is 0 Å². The maximum Gasteiger partial charge on any atom is 0.161 e. The molecule has 2 fully saturated rings. The van der Waals surface area contributed by atoms with E-state index < -0.39 is 0 Å². The molecule has 1 aromatic rings. The van der Waals surface area contributed by atoms with Gasteiger partial charge in [0.2, 0.25) is 0 Å². The second kappa shape index (κ2) is 10.7. The van der Waals surface area contributed by atoms with Gasteiger partial charge in [0.05, 0.1) is 19.4 Å². The zero-order valence-electron chi connectivity index (χ0n) is 18.9. The third-order valence-electron chi connectivity index (χ3n) is 6.83. The number of hydrogen-bond donors (Lipinski definition) is 1. The van der Waals surface area contributed by atoms with E-state index in [0.717, 1.165) is 46.4 Å².